The molecule has 0 radical (unpaired) electrons. The fraction of sp³-hybridized carbons (Fsp3) is 1.00. The summed E-state index contributed by atoms with van der Waals surface area (Å²) in [5, 5.41) is 9.87. The number of rotatable bonds is 1. The molecule has 0 aromatic rings. The highest BCUT2D eigenvalue weighted by Crippen LogP contribution is 2.26. The highest BCUT2D eigenvalue weighted by molar-refractivity contribution is 4.88. The second kappa shape index (κ2) is 3.35. The van der Waals surface area contributed by atoms with Crippen LogP contribution in [0.5, 0.6) is 0 Å². The minimum Gasteiger partial charge on any atom is -0.389 e. The van der Waals surface area contributed by atoms with Crippen molar-refractivity contribution in [3.05, 3.63) is 0 Å². The number of β-amino-alcohol motifs (C(OH)–C–C–N with tert-alkyl or cyclic N) is 1. The van der Waals surface area contributed by atoms with Gasteiger partial charge in [-0.05, 0) is 40.5 Å². The van der Waals surface area contributed by atoms with Crippen molar-refractivity contribution >= 4 is 0 Å². The van der Waals surface area contributed by atoms with Crippen LogP contribution in [0.2, 0.25) is 0 Å². The molecule has 0 aliphatic carbocycles. The van der Waals surface area contributed by atoms with E-state index in [0.717, 1.165) is 19.4 Å². The van der Waals surface area contributed by atoms with Crippen LogP contribution in [0.25, 0.3) is 0 Å². The zero-order chi connectivity index (χ0) is 9.35. The van der Waals surface area contributed by atoms with Crippen LogP contribution in [0, 0.1) is 0 Å². The molecule has 1 heterocycles. The summed E-state index contributed by atoms with van der Waals surface area (Å²) in [7, 11) is 0. The van der Waals surface area contributed by atoms with Gasteiger partial charge in [0.15, 0.2) is 0 Å². The minimum atomic E-state index is -0.462. The highest BCUT2D eigenvalue weighted by atomic mass is 16.3. The predicted octanol–water partition coefficient (Wildman–Crippen LogP) is 1.63. The molecule has 72 valence electrons. The first-order chi connectivity index (χ1) is 5.42. The molecule has 1 aliphatic heterocycles. The smallest absolute Gasteiger partial charge is 0.0746 e. The molecule has 0 aromatic carbocycles. The van der Waals surface area contributed by atoms with Gasteiger partial charge in [0.05, 0.1) is 5.60 Å². The molecule has 0 amide bonds. The summed E-state index contributed by atoms with van der Waals surface area (Å²) in [6.45, 7) is 9.39. The van der Waals surface area contributed by atoms with Crippen molar-refractivity contribution in [3.8, 4) is 0 Å². The lowest BCUT2D eigenvalue weighted by atomic mass is 9.90. The monoisotopic (exact) mass is 171 g/mol. The Morgan fingerprint density at radius 3 is 2.50 bits per heavy atom. The van der Waals surface area contributed by atoms with Crippen molar-refractivity contribution in [2.75, 3.05) is 6.54 Å². The van der Waals surface area contributed by atoms with Crippen LogP contribution in [-0.4, -0.2) is 34.2 Å². The van der Waals surface area contributed by atoms with Gasteiger partial charge in [-0.1, -0.05) is 0 Å². The summed E-state index contributed by atoms with van der Waals surface area (Å²) in [5.74, 6) is 0. The molecular formula is C10H21NO. The third-order valence-electron chi connectivity index (χ3n) is 2.85. The Kier molecular flexibility index (Phi) is 2.79. The summed E-state index contributed by atoms with van der Waals surface area (Å²) in [5.41, 5.74) is -0.462. The molecular weight excluding hydrogens is 150 g/mol. The summed E-state index contributed by atoms with van der Waals surface area (Å²) >= 11 is 0. The van der Waals surface area contributed by atoms with Gasteiger partial charge in [-0.2, -0.15) is 0 Å². The molecule has 12 heavy (non-hydrogen) atoms. The second-order valence-electron chi connectivity index (χ2n) is 4.65. The van der Waals surface area contributed by atoms with Crippen molar-refractivity contribution in [1.82, 2.24) is 4.90 Å². The van der Waals surface area contributed by atoms with Crippen LogP contribution in [0.1, 0.15) is 40.5 Å². The van der Waals surface area contributed by atoms with Gasteiger partial charge in [-0.15, -0.1) is 0 Å². The minimum absolute atomic E-state index is 0.462. The maximum Gasteiger partial charge on any atom is 0.0746 e. The summed E-state index contributed by atoms with van der Waals surface area (Å²) < 4.78 is 0. The molecule has 0 aromatic heterocycles. The van der Waals surface area contributed by atoms with Crippen molar-refractivity contribution < 1.29 is 5.11 Å². The van der Waals surface area contributed by atoms with Gasteiger partial charge in [0, 0.05) is 18.6 Å². The number of hydrogen-bond donors (Lipinski definition) is 1. The maximum absolute atomic E-state index is 9.87. The first-order valence-corrected chi connectivity index (χ1v) is 4.90. The second-order valence-corrected chi connectivity index (χ2v) is 4.65. The predicted molar refractivity (Wildman–Crippen MR) is 51.2 cm³/mol. The molecule has 2 atom stereocenters. The first-order valence-electron chi connectivity index (χ1n) is 4.90. The van der Waals surface area contributed by atoms with E-state index in [1.54, 1.807) is 0 Å². The maximum atomic E-state index is 9.87. The van der Waals surface area contributed by atoms with E-state index in [0.29, 0.717) is 12.1 Å². The number of aliphatic hydroxyl groups is 1. The Morgan fingerprint density at radius 1 is 1.50 bits per heavy atom. The Bertz CT molecular complexity index is 154. The van der Waals surface area contributed by atoms with E-state index in [1.807, 2.05) is 6.92 Å². The van der Waals surface area contributed by atoms with Gasteiger partial charge in [0.1, 0.15) is 0 Å². The van der Waals surface area contributed by atoms with Crippen LogP contribution >= 0.6 is 0 Å². The average molecular weight is 171 g/mol. The van der Waals surface area contributed by atoms with Gasteiger partial charge in [-0.3, -0.25) is 4.90 Å². The van der Waals surface area contributed by atoms with Crippen LogP contribution < -0.4 is 0 Å². The lowest BCUT2D eigenvalue weighted by Gasteiger charge is -2.43. The van der Waals surface area contributed by atoms with Crippen molar-refractivity contribution in [1.29, 1.82) is 0 Å². The highest BCUT2D eigenvalue weighted by Gasteiger charge is 2.33. The molecule has 0 spiro atoms. The summed E-state index contributed by atoms with van der Waals surface area (Å²) in [6, 6.07) is 1.18. The summed E-state index contributed by atoms with van der Waals surface area (Å²) in [6.07, 6.45) is 2.06. The van der Waals surface area contributed by atoms with Crippen molar-refractivity contribution in [2.24, 2.45) is 0 Å². The van der Waals surface area contributed by atoms with Gasteiger partial charge in [0.25, 0.3) is 0 Å². The Labute approximate surface area is 75.6 Å². The van der Waals surface area contributed by atoms with E-state index in [2.05, 4.69) is 25.7 Å². The van der Waals surface area contributed by atoms with E-state index in [4.69, 9.17) is 0 Å². The van der Waals surface area contributed by atoms with Crippen LogP contribution in [-0.2, 0) is 0 Å². The fourth-order valence-electron chi connectivity index (χ4n) is 2.01. The molecule has 1 aliphatic rings. The lowest BCUT2D eigenvalue weighted by Crippen LogP contribution is -2.52. The Morgan fingerprint density at radius 2 is 2.08 bits per heavy atom. The molecule has 2 heteroatoms. The topological polar surface area (TPSA) is 23.5 Å². The molecule has 1 rings (SSSR count). The quantitative estimate of drug-likeness (QED) is 0.648. The molecule has 0 bridgehead atoms. The van der Waals surface area contributed by atoms with Gasteiger partial charge < -0.3 is 5.11 Å². The Balaban J connectivity index is 2.59. The number of nitrogens with zero attached hydrogens (tertiary/aromatic N) is 1. The fourth-order valence-corrected chi connectivity index (χ4v) is 2.01. The third-order valence-corrected chi connectivity index (χ3v) is 2.85. The average Bonchev–Trinajstić information content (AvgIpc) is 1.94. The van der Waals surface area contributed by atoms with Crippen LogP contribution in [0.4, 0.5) is 0 Å². The molecule has 1 fully saturated rings. The van der Waals surface area contributed by atoms with E-state index < -0.39 is 5.60 Å². The molecule has 0 unspecified atom stereocenters. The normalized spacial score (nSPS) is 39.0. The zero-order valence-electron chi connectivity index (χ0n) is 8.67. The molecule has 1 N–H and O–H groups in total. The molecule has 1 saturated heterocycles. The first kappa shape index (κ1) is 10.0. The van der Waals surface area contributed by atoms with E-state index >= 15 is 0 Å². The van der Waals surface area contributed by atoms with Crippen molar-refractivity contribution in [3.63, 3.8) is 0 Å². The largest absolute Gasteiger partial charge is 0.389 e. The van der Waals surface area contributed by atoms with Gasteiger partial charge in [-0.25, -0.2) is 0 Å². The molecule has 2 nitrogen and oxygen atoms in total. The number of likely N-dealkylation sites (tertiary alicyclic amines) is 1. The lowest BCUT2D eigenvalue weighted by molar-refractivity contribution is -0.0463. The van der Waals surface area contributed by atoms with Crippen molar-refractivity contribution in [2.45, 2.75) is 58.2 Å². The molecule has 0 saturated carbocycles. The van der Waals surface area contributed by atoms with Crippen LogP contribution in [0.15, 0.2) is 0 Å². The Hall–Kier alpha value is -0.0800. The van der Waals surface area contributed by atoms with Gasteiger partial charge in [0.2, 0.25) is 0 Å². The zero-order valence-corrected chi connectivity index (χ0v) is 8.67. The van der Waals surface area contributed by atoms with E-state index in [-0.39, 0.29) is 0 Å². The number of hydrogen-bond acceptors (Lipinski definition) is 2. The van der Waals surface area contributed by atoms with Crippen LogP contribution in [0.3, 0.4) is 0 Å². The van der Waals surface area contributed by atoms with E-state index in [1.165, 1.54) is 0 Å². The number of piperidine rings is 1. The third kappa shape index (κ3) is 2.20. The standard InChI is InChI=1S/C10H21NO/c1-8(2)11-7-10(4,12)6-5-9(11)3/h8-9,12H,5-7H2,1-4H3/t9-,10+/m1/s1. The summed E-state index contributed by atoms with van der Waals surface area (Å²) in [4.78, 5) is 2.38. The SMILES string of the molecule is CC(C)N1C[C@@](C)(O)CC[C@H]1C. The van der Waals surface area contributed by atoms with Gasteiger partial charge >= 0.3 is 0 Å². The van der Waals surface area contributed by atoms with E-state index in [9.17, 15) is 5.11 Å².